The van der Waals surface area contributed by atoms with Gasteiger partial charge in [-0.25, -0.2) is 14.5 Å². The van der Waals surface area contributed by atoms with Crippen molar-refractivity contribution in [3.8, 4) is 11.3 Å². The summed E-state index contributed by atoms with van der Waals surface area (Å²) in [6.45, 7) is 8.80. The Morgan fingerprint density at radius 3 is 2.66 bits per heavy atom. The van der Waals surface area contributed by atoms with Gasteiger partial charge in [-0.2, -0.15) is 0 Å². The molecule has 0 amide bonds. The van der Waals surface area contributed by atoms with Crippen molar-refractivity contribution in [3.63, 3.8) is 0 Å². The molecule has 7 heteroatoms. The van der Waals surface area contributed by atoms with Gasteiger partial charge >= 0.3 is 0 Å². The molecular weight excluding hydrogens is 442 g/mol. The summed E-state index contributed by atoms with van der Waals surface area (Å²) in [6.07, 6.45) is 10.3. The number of benzene rings is 1. The Morgan fingerprint density at radius 1 is 1.03 bits per heavy atom. The monoisotopic (exact) mass is 481 g/mol. The molecule has 1 saturated carbocycles. The first kappa shape index (κ1) is 23.6. The smallest absolute Gasteiger partial charge is 0.201 e. The van der Waals surface area contributed by atoms with Crippen LogP contribution in [0, 0.1) is 23.7 Å². The van der Waals surface area contributed by atoms with E-state index in [9.17, 15) is 0 Å². The molecule has 1 aromatic carbocycles. The molecule has 5 aliphatic rings. The number of rotatable bonds is 6. The highest BCUT2D eigenvalue weighted by atomic mass is 17.3. The minimum atomic E-state index is -0.769. The minimum absolute atomic E-state index is 0.186. The molecule has 0 radical (unpaired) electrons. The molecule has 35 heavy (non-hydrogen) atoms. The Hall–Kier alpha value is -1.80. The van der Waals surface area contributed by atoms with Crippen molar-refractivity contribution < 1.29 is 19.2 Å². The Balaban J connectivity index is 1.25. The lowest BCUT2D eigenvalue weighted by Gasteiger charge is -2.60. The largest absolute Gasteiger partial charge is 0.324 e. The van der Waals surface area contributed by atoms with E-state index in [1.807, 2.05) is 17.8 Å². The normalized spacial score (nSPS) is 40.3. The summed E-state index contributed by atoms with van der Waals surface area (Å²) < 4.78 is 15.1. The number of hydrogen-bond donors (Lipinski definition) is 0. The van der Waals surface area contributed by atoms with E-state index in [1.165, 1.54) is 31.2 Å². The predicted octanol–water partition coefficient (Wildman–Crippen LogP) is 6.06. The average molecular weight is 482 g/mol. The third kappa shape index (κ3) is 3.86. The van der Waals surface area contributed by atoms with Gasteiger partial charge in [0.2, 0.25) is 5.79 Å². The van der Waals surface area contributed by atoms with E-state index in [1.54, 1.807) is 0 Å². The Bertz CT molecular complexity index is 1040. The van der Waals surface area contributed by atoms with Crippen molar-refractivity contribution in [2.24, 2.45) is 23.7 Å². The topological polar surface area (TPSA) is 67.6 Å². The molecular formula is C28H39N3O4. The molecule has 5 fully saturated rings. The standard InChI is InChI=1S/C28H39N3O4/c1-5-6-7-8-20-10-12-21(13-11-20)24-17-31(30-29-24)25-19(3)23-14-9-18(2)22-15-16-27(4)33-26(32-25)28(22,23)35-34-27/h10-13,17-19,22-23,25-26H,5-9,14-16H2,1-4H3/t18-,19+,22+,23+,25+,26-,27+,28-/m1/s1. The van der Waals surface area contributed by atoms with Gasteiger partial charge in [-0.05, 0) is 56.4 Å². The van der Waals surface area contributed by atoms with Gasteiger partial charge in [0.1, 0.15) is 5.69 Å². The second-order valence-corrected chi connectivity index (χ2v) is 11.5. The molecule has 2 aromatic rings. The Kier molecular flexibility index (Phi) is 6.03. The lowest BCUT2D eigenvalue weighted by Crippen LogP contribution is -2.69. The summed E-state index contributed by atoms with van der Waals surface area (Å²) in [5.41, 5.74) is 2.77. The zero-order valence-corrected chi connectivity index (χ0v) is 21.5. The molecule has 190 valence electrons. The van der Waals surface area contributed by atoms with Crippen LogP contribution in [0.3, 0.4) is 0 Å². The van der Waals surface area contributed by atoms with Crippen LogP contribution in [0.5, 0.6) is 0 Å². The van der Waals surface area contributed by atoms with Crippen LogP contribution in [0.1, 0.15) is 84.4 Å². The maximum Gasteiger partial charge on any atom is 0.201 e. The Labute approximate surface area is 208 Å². The first-order valence-corrected chi connectivity index (χ1v) is 13.6. The molecule has 4 saturated heterocycles. The molecule has 7 nitrogen and oxygen atoms in total. The van der Waals surface area contributed by atoms with Gasteiger partial charge < -0.3 is 9.47 Å². The van der Waals surface area contributed by atoms with Crippen molar-refractivity contribution in [3.05, 3.63) is 36.0 Å². The number of unbranched alkanes of at least 4 members (excludes halogenated alkanes) is 2. The zero-order chi connectivity index (χ0) is 24.2. The molecule has 2 bridgehead atoms. The molecule has 1 aliphatic carbocycles. The molecule has 8 atom stereocenters. The number of ether oxygens (including phenoxy) is 2. The SMILES string of the molecule is CCCCCc1ccc(-c2cn([C@H]3O[C@@H]4O[C@]5(C)CC[C@H]6[C@H](C)CC[C@@H]([C@@H]3C)[C@@]46OO5)nn2)cc1. The van der Waals surface area contributed by atoms with Crippen LogP contribution in [0.2, 0.25) is 0 Å². The van der Waals surface area contributed by atoms with E-state index in [0.717, 1.165) is 36.9 Å². The molecule has 5 heterocycles. The number of aryl methyl sites for hydroxylation is 1. The van der Waals surface area contributed by atoms with Gasteiger partial charge in [0, 0.05) is 23.8 Å². The van der Waals surface area contributed by atoms with E-state index < -0.39 is 17.7 Å². The second kappa shape index (κ2) is 8.94. The first-order valence-electron chi connectivity index (χ1n) is 13.6. The minimum Gasteiger partial charge on any atom is -0.324 e. The van der Waals surface area contributed by atoms with E-state index in [-0.39, 0.29) is 18.1 Å². The van der Waals surface area contributed by atoms with Gasteiger partial charge in [-0.15, -0.1) is 5.10 Å². The highest BCUT2D eigenvalue weighted by Gasteiger charge is 2.69. The molecule has 0 unspecified atom stereocenters. The Morgan fingerprint density at radius 2 is 1.86 bits per heavy atom. The third-order valence-electron chi connectivity index (χ3n) is 9.21. The fraction of sp³-hybridized carbons (Fsp3) is 0.714. The van der Waals surface area contributed by atoms with Gasteiger partial charge in [0.25, 0.3) is 0 Å². The molecule has 4 aliphatic heterocycles. The maximum absolute atomic E-state index is 6.70. The number of aromatic nitrogens is 3. The summed E-state index contributed by atoms with van der Waals surface area (Å²) in [6, 6.07) is 8.74. The number of nitrogens with zero attached hydrogens (tertiary/aromatic N) is 3. The highest BCUT2D eigenvalue weighted by molar-refractivity contribution is 5.58. The summed E-state index contributed by atoms with van der Waals surface area (Å²) >= 11 is 0. The van der Waals surface area contributed by atoms with Crippen molar-refractivity contribution >= 4 is 0 Å². The quantitative estimate of drug-likeness (QED) is 0.369. The van der Waals surface area contributed by atoms with Crippen molar-refractivity contribution in [2.75, 3.05) is 0 Å². The summed E-state index contributed by atoms with van der Waals surface area (Å²) in [4.78, 5) is 12.2. The van der Waals surface area contributed by atoms with Gasteiger partial charge in [0.15, 0.2) is 18.1 Å². The van der Waals surface area contributed by atoms with E-state index in [4.69, 9.17) is 19.2 Å². The molecule has 7 rings (SSSR count). The first-order chi connectivity index (χ1) is 16.9. The summed E-state index contributed by atoms with van der Waals surface area (Å²) in [5.74, 6) is 0.601. The van der Waals surface area contributed by atoms with Gasteiger partial charge in [-0.3, -0.25) is 0 Å². The van der Waals surface area contributed by atoms with Crippen LogP contribution in [-0.4, -0.2) is 32.7 Å². The van der Waals surface area contributed by atoms with Crippen LogP contribution in [0.4, 0.5) is 0 Å². The molecule has 1 spiro atoms. The highest BCUT2D eigenvalue weighted by Crippen LogP contribution is 2.61. The molecule has 1 aromatic heterocycles. The van der Waals surface area contributed by atoms with E-state index in [2.05, 4.69) is 55.3 Å². The zero-order valence-electron chi connectivity index (χ0n) is 21.5. The fourth-order valence-electron chi connectivity index (χ4n) is 7.14. The second-order valence-electron chi connectivity index (χ2n) is 11.5. The van der Waals surface area contributed by atoms with Crippen LogP contribution >= 0.6 is 0 Å². The van der Waals surface area contributed by atoms with Crippen LogP contribution in [-0.2, 0) is 25.7 Å². The van der Waals surface area contributed by atoms with Crippen molar-refractivity contribution in [2.45, 2.75) is 103 Å². The number of hydrogen-bond acceptors (Lipinski definition) is 6. The van der Waals surface area contributed by atoms with Gasteiger partial charge in [0.05, 0.1) is 6.20 Å². The van der Waals surface area contributed by atoms with Gasteiger partial charge in [-0.1, -0.05) is 63.1 Å². The lowest BCUT2D eigenvalue weighted by atomic mass is 9.58. The van der Waals surface area contributed by atoms with Crippen LogP contribution < -0.4 is 0 Å². The average Bonchev–Trinajstić information content (AvgIpc) is 3.23. The van der Waals surface area contributed by atoms with E-state index >= 15 is 0 Å². The number of fused-ring (bicyclic) bond motifs is 2. The predicted molar refractivity (Wildman–Crippen MR) is 131 cm³/mol. The third-order valence-corrected chi connectivity index (χ3v) is 9.21. The summed E-state index contributed by atoms with van der Waals surface area (Å²) in [5, 5.41) is 9.03. The molecule has 0 N–H and O–H groups in total. The van der Waals surface area contributed by atoms with E-state index in [0.29, 0.717) is 11.8 Å². The van der Waals surface area contributed by atoms with Crippen LogP contribution in [0.15, 0.2) is 30.5 Å². The summed E-state index contributed by atoms with van der Waals surface area (Å²) in [7, 11) is 0. The van der Waals surface area contributed by atoms with Crippen molar-refractivity contribution in [1.82, 2.24) is 15.0 Å². The lowest BCUT2D eigenvalue weighted by molar-refractivity contribution is -0.574. The van der Waals surface area contributed by atoms with Crippen molar-refractivity contribution in [1.29, 1.82) is 0 Å². The fourth-order valence-corrected chi connectivity index (χ4v) is 7.14. The van der Waals surface area contributed by atoms with Crippen LogP contribution in [0.25, 0.3) is 11.3 Å². The maximum atomic E-state index is 6.70.